The summed E-state index contributed by atoms with van der Waals surface area (Å²) in [6.45, 7) is 9.57. The number of rotatable bonds is 9. The summed E-state index contributed by atoms with van der Waals surface area (Å²) in [5.74, 6) is 0.168. The van der Waals surface area contributed by atoms with Gasteiger partial charge in [0.05, 0.1) is 17.8 Å². The summed E-state index contributed by atoms with van der Waals surface area (Å²) in [5, 5.41) is 40.3. The molecule has 0 aromatic heterocycles. The lowest BCUT2D eigenvalue weighted by molar-refractivity contribution is -0.347. The maximum Gasteiger partial charge on any atom is 0.429 e. The van der Waals surface area contributed by atoms with Crippen LogP contribution in [-0.4, -0.2) is 56.2 Å². The van der Waals surface area contributed by atoms with Gasteiger partial charge in [-0.3, -0.25) is 0 Å². The molecule has 3 rings (SSSR count). The molecule has 0 heterocycles. The van der Waals surface area contributed by atoms with Crippen molar-refractivity contribution >= 4 is 0 Å². The average Bonchev–Trinajstić information content (AvgIpc) is 3.12. The van der Waals surface area contributed by atoms with Crippen LogP contribution in [0.3, 0.4) is 0 Å². The topological polar surface area (TPSA) is 80.9 Å². The normalized spacial score (nSPS) is 33.6. The maximum absolute atomic E-state index is 13.4. The number of hydrogen-bond acceptors (Lipinski definition) is 4. The summed E-state index contributed by atoms with van der Waals surface area (Å²) in [6.07, 6.45) is -1.26. The minimum Gasteiger partial charge on any atom is -0.393 e. The van der Waals surface area contributed by atoms with Gasteiger partial charge in [0.1, 0.15) is 0 Å². The number of alkyl halides is 6. The molecule has 0 aromatic carbocycles. The summed E-state index contributed by atoms with van der Waals surface area (Å²) in [4.78, 5) is 0. The molecule has 0 bridgehead atoms. The van der Waals surface area contributed by atoms with Crippen molar-refractivity contribution in [2.45, 2.75) is 147 Å². The molecule has 3 fully saturated rings. The smallest absolute Gasteiger partial charge is 0.393 e. The predicted molar refractivity (Wildman–Crippen MR) is 154 cm³/mol. The Morgan fingerprint density at radius 3 is 1.98 bits per heavy atom. The molecule has 248 valence electrons. The van der Waals surface area contributed by atoms with E-state index in [1.54, 1.807) is 13.8 Å². The van der Waals surface area contributed by atoms with E-state index in [2.05, 4.69) is 19.9 Å². The summed E-state index contributed by atoms with van der Waals surface area (Å²) in [5.41, 5.74) is -5.16. The van der Waals surface area contributed by atoms with E-state index in [0.717, 1.165) is 43.8 Å². The second-order valence-electron chi connectivity index (χ2n) is 14.8. The third kappa shape index (κ3) is 7.39. The van der Waals surface area contributed by atoms with Gasteiger partial charge in [0.15, 0.2) is 0 Å². The highest BCUT2D eigenvalue weighted by Crippen LogP contribution is 2.71. The monoisotopic (exact) mass is 624 g/mol. The fraction of sp³-hybridized carbons (Fsp3) is 0.818. The van der Waals surface area contributed by atoms with Crippen LogP contribution >= 0.6 is 0 Å². The van der Waals surface area contributed by atoms with Gasteiger partial charge in [0.2, 0.25) is 0 Å². The van der Waals surface area contributed by atoms with Crippen molar-refractivity contribution in [3.8, 4) is 0 Å². The molecule has 6 atom stereocenters. The van der Waals surface area contributed by atoms with Crippen molar-refractivity contribution in [1.29, 1.82) is 0 Å². The van der Waals surface area contributed by atoms with Crippen molar-refractivity contribution in [1.82, 2.24) is 0 Å². The van der Waals surface area contributed by atoms with Gasteiger partial charge >= 0.3 is 12.4 Å². The summed E-state index contributed by atoms with van der Waals surface area (Å²) in [6, 6.07) is 0. The van der Waals surface area contributed by atoms with Crippen molar-refractivity contribution in [2.75, 3.05) is 0 Å². The van der Waals surface area contributed by atoms with Crippen molar-refractivity contribution < 1.29 is 46.8 Å². The van der Waals surface area contributed by atoms with E-state index >= 15 is 0 Å². The van der Waals surface area contributed by atoms with Gasteiger partial charge in [0.25, 0.3) is 5.60 Å². The van der Waals surface area contributed by atoms with Crippen LogP contribution in [0.2, 0.25) is 0 Å². The standard InChI is InChI=1S/C33H50F6O4/c1-27(2,42)13-7-14-28(3,15-8-17-31(43,32(34,35)36)33(37,38)39)30(5)18-12-26-23(9-6-16-29(26,30)4)11-10-22-19-24(40)21-25(41)20-22/h8,10-11,17,24-26,40-43H,6-7,9,12-16,18-21H2,1-5H3/b17-8-,23-11+/t24-,25-,26?,28-,29+,30-/m1/s1. The van der Waals surface area contributed by atoms with Crippen LogP contribution in [0, 0.1) is 22.2 Å². The highest BCUT2D eigenvalue weighted by Gasteiger charge is 2.69. The van der Waals surface area contributed by atoms with Gasteiger partial charge in [-0.05, 0) is 113 Å². The number of allylic oxidation sites excluding steroid dienone is 4. The van der Waals surface area contributed by atoms with Gasteiger partial charge in [-0.15, -0.1) is 0 Å². The molecule has 3 aliphatic rings. The summed E-state index contributed by atoms with van der Waals surface area (Å²) >= 11 is 0. The summed E-state index contributed by atoms with van der Waals surface area (Å²) < 4.78 is 80.5. The van der Waals surface area contributed by atoms with Crippen LogP contribution in [0.4, 0.5) is 26.3 Å². The Hall–Kier alpha value is -1.36. The third-order valence-electron chi connectivity index (χ3n) is 11.3. The molecule has 0 amide bonds. The molecule has 4 N–H and O–H groups in total. The van der Waals surface area contributed by atoms with E-state index in [0.29, 0.717) is 38.5 Å². The van der Waals surface area contributed by atoms with Crippen LogP contribution < -0.4 is 0 Å². The largest absolute Gasteiger partial charge is 0.429 e. The Labute approximate surface area is 252 Å². The third-order valence-corrected chi connectivity index (χ3v) is 11.3. The van der Waals surface area contributed by atoms with E-state index in [4.69, 9.17) is 0 Å². The minimum atomic E-state index is -5.92. The van der Waals surface area contributed by atoms with Crippen LogP contribution in [0.15, 0.2) is 35.5 Å². The highest BCUT2D eigenvalue weighted by atomic mass is 19.4. The lowest BCUT2D eigenvalue weighted by Crippen LogP contribution is -2.55. The Balaban J connectivity index is 1.97. The Morgan fingerprint density at radius 2 is 1.44 bits per heavy atom. The van der Waals surface area contributed by atoms with Gasteiger partial charge in [0, 0.05) is 0 Å². The van der Waals surface area contributed by atoms with Gasteiger partial charge in [-0.2, -0.15) is 26.3 Å². The van der Waals surface area contributed by atoms with Crippen LogP contribution in [0.1, 0.15) is 112 Å². The van der Waals surface area contributed by atoms with Crippen molar-refractivity contribution in [3.05, 3.63) is 35.5 Å². The van der Waals surface area contributed by atoms with E-state index in [-0.39, 0.29) is 23.8 Å². The predicted octanol–water partition coefficient (Wildman–Crippen LogP) is 8.10. The Kier molecular flexibility index (Phi) is 10.4. The zero-order chi connectivity index (χ0) is 32.7. The molecule has 3 aliphatic carbocycles. The molecule has 43 heavy (non-hydrogen) atoms. The first kappa shape index (κ1) is 36.1. The molecule has 0 radical (unpaired) electrons. The molecular weight excluding hydrogens is 574 g/mol. The first-order valence-corrected chi connectivity index (χ1v) is 15.5. The van der Waals surface area contributed by atoms with Crippen molar-refractivity contribution in [3.63, 3.8) is 0 Å². The van der Waals surface area contributed by atoms with E-state index in [1.807, 2.05) is 13.0 Å². The highest BCUT2D eigenvalue weighted by molar-refractivity contribution is 5.28. The van der Waals surface area contributed by atoms with Crippen LogP contribution in [-0.2, 0) is 0 Å². The second kappa shape index (κ2) is 12.4. The first-order valence-electron chi connectivity index (χ1n) is 15.5. The van der Waals surface area contributed by atoms with E-state index < -0.39 is 46.6 Å². The van der Waals surface area contributed by atoms with E-state index in [9.17, 15) is 46.8 Å². The molecular formula is C33H50F6O4. The molecule has 0 aromatic rings. The van der Waals surface area contributed by atoms with Crippen LogP contribution in [0.5, 0.6) is 0 Å². The molecule has 0 saturated heterocycles. The zero-order valence-electron chi connectivity index (χ0n) is 26.1. The second-order valence-corrected chi connectivity index (χ2v) is 14.8. The number of fused-ring (bicyclic) bond motifs is 1. The van der Waals surface area contributed by atoms with E-state index in [1.165, 1.54) is 5.57 Å². The van der Waals surface area contributed by atoms with Gasteiger partial charge in [-0.25, -0.2) is 0 Å². The molecule has 4 nitrogen and oxygen atoms in total. The Morgan fingerprint density at radius 1 is 0.860 bits per heavy atom. The lowest BCUT2D eigenvalue weighted by Gasteiger charge is -2.57. The van der Waals surface area contributed by atoms with Gasteiger partial charge in [-0.1, -0.05) is 56.6 Å². The van der Waals surface area contributed by atoms with Crippen LogP contribution in [0.25, 0.3) is 0 Å². The Bertz CT molecular complexity index is 1040. The summed E-state index contributed by atoms with van der Waals surface area (Å²) in [7, 11) is 0. The average molecular weight is 625 g/mol. The molecule has 3 saturated carbocycles. The number of aliphatic hydroxyl groups is 4. The molecule has 0 spiro atoms. The zero-order valence-corrected chi connectivity index (χ0v) is 26.1. The number of hydrogen-bond donors (Lipinski definition) is 4. The van der Waals surface area contributed by atoms with Crippen molar-refractivity contribution in [2.24, 2.45) is 22.2 Å². The molecule has 0 aliphatic heterocycles. The first-order chi connectivity index (χ1) is 19.5. The maximum atomic E-state index is 13.4. The quantitative estimate of drug-likeness (QED) is 0.154. The fourth-order valence-electron chi connectivity index (χ4n) is 8.38. The number of halogens is 6. The molecule has 10 heteroatoms. The lowest BCUT2D eigenvalue weighted by atomic mass is 9.47. The molecule has 1 unspecified atom stereocenters. The minimum absolute atomic E-state index is 0.0922. The SMILES string of the molecule is CC(C)(O)CCC[C@](C)(C/C=C\C(O)(C(F)(F)F)C(F)(F)F)[C@@]1(C)CCC2/C(=C/C=C3C[C@@H](O)C[C@H](O)C3)CCC[C@@]21C. The number of aliphatic hydroxyl groups excluding tert-OH is 2. The fourth-order valence-corrected chi connectivity index (χ4v) is 8.38. The van der Waals surface area contributed by atoms with Gasteiger partial charge < -0.3 is 20.4 Å².